The summed E-state index contributed by atoms with van der Waals surface area (Å²) in [5, 5.41) is 6.77. The van der Waals surface area contributed by atoms with Crippen LogP contribution in [0.3, 0.4) is 0 Å². The largest absolute Gasteiger partial charge is 0.355 e. The number of aliphatic imine (C=N–C) groups is 1. The van der Waals surface area contributed by atoms with E-state index in [1.165, 1.54) is 6.07 Å². The highest BCUT2D eigenvalue weighted by molar-refractivity contribution is 14.0. The molecule has 2 N–H and O–H groups in total. The van der Waals surface area contributed by atoms with Crippen molar-refractivity contribution in [2.45, 2.75) is 26.3 Å². The molecule has 6 nitrogen and oxygen atoms in total. The first-order chi connectivity index (χ1) is 11.7. The fourth-order valence-corrected chi connectivity index (χ4v) is 2.94. The topological polar surface area (TPSA) is 55.8 Å². The van der Waals surface area contributed by atoms with Crippen LogP contribution in [-0.4, -0.2) is 68.2 Å². The van der Waals surface area contributed by atoms with Crippen molar-refractivity contribution < 1.29 is 4.39 Å². The Kier molecular flexibility index (Phi) is 10.0. The Labute approximate surface area is 167 Å². The minimum Gasteiger partial charge on any atom is -0.355 e. The van der Waals surface area contributed by atoms with Crippen molar-refractivity contribution in [2.75, 3.05) is 51.2 Å². The molecule has 25 heavy (non-hydrogen) atoms. The van der Waals surface area contributed by atoms with Gasteiger partial charge in [-0.25, -0.2) is 9.37 Å². The van der Waals surface area contributed by atoms with Crippen molar-refractivity contribution in [2.24, 2.45) is 4.99 Å². The molecule has 1 aromatic rings. The van der Waals surface area contributed by atoms with Gasteiger partial charge in [0.05, 0.1) is 0 Å². The van der Waals surface area contributed by atoms with Gasteiger partial charge in [0.1, 0.15) is 0 Å². The molecule has 0 radical (unpaired) electrons. The van der Waals surface area contributed by atoms with E-state index in [-0.39, 0.29) is 35.8 Å². The first kappa shape index (κ1) is 21.9. The molecule has 0 aliphatic carbocycles. The van der Waals surface area contributed by atoms with Gasteiger partial charge in [-0.3, -0.25) is 4.99 Å². The number of nitrogens with one attached hydrogen (secondary N) is 2. The lowest BCUT2D eigenvalue weighted by molar-refractivity contribution is 0.308. The molecule has 0 aromatic carbocycles. The van der Waals surface area contributed by atoms with Gasteiger partial charge in [-0.2, -0.15) is 0 Å². The van der Waals surface area contributed by atoms with Gasteiger partial charge in [-0.1, -0.05) is 13.8 Å². The Balaban J connectivity index is 0.00000312. The molecule has 1 atom stereocenters. The molecule has 0 spiro atoms. The molecule has 1 aliphatic heterocycles. The van der Waals surface area contributed by atoms with Crippen molar-refractivity contribution in [1.29, 1.82) is 0 Å². The Morgan fingerprint density at radius 3 is 2.84 bits per heavy atom. The predicted octanol–water partition coefficient (Wildman–Crippen LogP) is 1.92. The van der Waals surface area contributed by atoms with Gasteiger partial charge < -0.3 is 20.4 Å². The third-order valence-corrected chi connectivity index (χ3v) is 4.41. The van der Waals surface area contributed by atoms with E-state index < -0.39 is 0 Å². The summed E-state index contributed by atoms with van der Waals surface area (Å²) in [4.78, 5) is 12.8. The molecule has 1 saturated heterocycles. The van der Waals surface area contributed by atoms with Gasteiger partial charge >= 0.3 is 0 Å². The Hall–Kier alpha value is -1.16. The van der Waals surface area contributed by atoms with E-state index in [0.717, 1.165) is 51.6 Å². The van der Waals surface area contributed by atoms with Crippen LogP contribution in [0, 0.1) is 5.82 Å². The highest BCUT2D eigenvalue weighted by Crippen LogP contribution is 2.20. The van der Waals surface area contributed by atoms with Gasteiger partial charge in [0.15, 0.2) is 17.6 Å². The maximum atomic E-state index is 13.8. The quantitative estimate of drug-likeness (QED) is 0.367. The molecular formula is C17H30FIN6. The molecule has 1 unspecified atom stereocenters. The molecule has 0 amide bonds. The molecule has 0 saturated carbocycles. The van der Waals surface area contributed by atoms with E-state index in [0.29, 0.717) is 5.82 Å². The molecule has 1 aromatic heterocycles. The average Bonchev–Trinajstić information content (AvgIpc) is 3.06. The van der Waals surface area contributed by atoms with Gasteiger partial charge in [-0.05, 0) is 31.6 Å². The highest BCUT2D eigenvalue weighted by Gasteiger charge is 2.25. The van der Waals surface area contributed by atoms with E-state index in [1.807, 2.05) is 4.90 Å². The lowest BCUT2D eigenvalue weighted by atomic mass is 10.3. The first-order valence-corrected chi connectivity index (χ1v) is 8.72. The Morgan fingerprint density at radius 2 is 2.20 bits per heavy atom. The summed E-state index contributed by atoms with van der Waals surface area (Å²) < 4.78 is 13.8. The number of rotatable bonds is 7. The monoisotopic (exact) mass is 464 g/mol. The van der Waals surface area contributed by atoms with Crippen LogP contribution in [0.15, 0.2) is 23.3 Å². The zero-order chi connectivity index (χ0) is 17.4. The maximum absolute atomic E-state index is 13.8. The van der Waals surface area contributed by atoms with Crippen molar-refractivity contribution in [3.8, 4) is 0 Å². The van der Waals surface area contributed by atoms with Crippen LogP contribution >= 0.6 is 24.0 Å². The number of hydrogen-bond acceptors (Lipinski definition) is 4. The third kappa shape index (κ3) is 6.58. The van der Waals surface area contributed by atoms with Gasteiger partial charge in [-0.15, -0.1) is 24.0 Å². The summed E-state index contributed by atoms with van der Waals surface area (Å²) in [6.07, 6.45) is 2.57. The Bertz CT molecular complexity index is 538. The van der Waals surface area contributed by atoms with Crippen molar-refractivity contribution in [3.63, 3.8) is 0 Å². The normalized spacial score (nSPS) is 17.6. The lowest BCUT2D eigenvalue weighted by Gasteiger charge is -2.21. The van der Waals surface area contributed by atoms with Crippen molar-refractivity contribution in [1.82, 2.24) is 20.5 Å². The smallest absolute Gasteiger partial charge is 0.191 e. The maximum Gasteiger partial charge on any atom is 0.191 e. The number of aromatic nitrogens is 1. The van der Waals surface area contributed by atoms with E-state index in [1.54, 1.807) is 19.3 Å². The number of halogens is 2. The van der Waals surface area contributed by atoms with Crippen LogP contribution in [-0.2, 0) is 0 Å². The molecule has 8 heteroatoms. The molecular weight excluding hydrogens is 434 g/mol. The molecule has 0 bridgehead atoms. The summed E-state index contributed by atoms with van der Waals surface area (Å²) >= 11 is 0. The van der Waals surface area contributed by atoms with Crippen molar-refractivity contribution in [3.05, 3.63) is 24.1 Å². The third-order valence-electron chi connectivity index (χ3n) is 4.41. The SMILES string of the molecule is CCN(CC)CCNC(=NC)NC1CCN(c2ncccc2F)C1.I. The number of pyridine rings is 1. The minimum absolute atomic E-state index is 0. The summed E-state index contributed by atoms with van der Waals surface area (Å²) in [6, 6.07) is 3.31. The average molecular weight is 464 g/mol. The van der Waals surface area contributed by atoms with Crippen LogP contribution < -0.4 is 15.5 Å². The number of guanidine groups is 1. The zero-order valence-electron chi connectivity index (χ0n) is 15.3. The number of nitrogens with zero attached hydrogens (tertiary/aromatic N) is 4. The standard InChI is InChI=1S/C17H29FN6.HI/c1-4-23(5-2)12-10-21-17(19-3)22-14-8-11-24(13-14)16-15(18)7-6-9-20-16;/h6-7,9,14H,4-5,8,10-13H2,1-3H3,(H2,19,21,22);1H. The number of hydrogen-bond donors (Lipinski definition) is 2. The lowest BCUT2D eigenvalue weighted by Crippen LogP contribution is -2.46. The molecule has 1 fully saturated rings. The fourth-order valence-electron chi connectivity index (χ4n) is 2.94. The summed E-state index contributed by atoms with van der Waals surface area (Å²) in [7, 11) is 1.78. The fraction of sp³-hybridized carbons (Fsp3) is 0.647. The Morgan fingerprint density at radius 1 is 1.44 bits per heavy atom. The van der Waals surface area contributed by atoms with Gasteiger partial charge in [0.2, 0.25) is 0 Å². The predicted molar refractivity (Wildman–Crippen MR) is 113 cm³/mol. The molecule has 1 aliphatic rings. The number of likely N-dealkylation sites (N-methyl/N-ethyl adjacent to an activating group) is 1. The first-order valence-electron chi connectivity index (χ1n) is 8.72. The van der Waals surface area contributed by atoms with E-state index >= 15 is 0 Å². The van der Waals surface area contributed by atoms with E-state index in [9.17, 15) is 4.39 Å². The van der Waals surface area contributed by atoms with Crippen LogP contribution in [0.2, 0.25) is 0 Å². The second-order valence-corrected chi connectivity index (χ2v) is 5.91. The number of anilines is 1. The van der Waals surface area contributed by atoms with Crippen LogP contribution in [0.4, 0.5) is 10.2 Å². The molecule has 2 rings (SSSR count). The van der Waals surface area contributed by atoms with Crippen LogP contribution in [0.25, 0.3) is 0 Å². The summed E-state index contributed by atoms with van der Waals surface area (Å²) in [5.74, 6) is 0.974. The highest BCUT2D eigenvalue weighted by atomic mass is 127. The van der Waals surface area contributed by atoms with E-state index in [4.69, 9.17) is 0 Å². The second kappa shape index (κ2) is 11.5. The van der Waals surface area contributed by atoms with Gasteiger partial charge in [0, 0.05) is 45.5 Å². The summed E-state index contributed by atoms with van der Waals surface area (Å²) in [6.45, 7) is 9.80. The van der Waals surface area contributed by atoms with E-state index in [2.05, 4.69) is 39.4 Å². The van der Waals surface area contributed by atoms with Gasteiger partial charge in [0.25, 0.3) is 0 Å². The minimum atomic E-state index is -0.264. The summed E-state index contributed by atoms with van der Waals surface area (Å²) in [5.41, 5.74) is 0. The zero-order valence-corrected chi connectivity index (χ0v) is 17.7. The van der Waals surface area contributed by atoms with Crippen LogP contribution in [0.1, 0.15) is 20.3 Å². The van der Waals surface area contributed by atoms with Crippen molar-refractivity contribution >= 4 is 35.8 Å². The molecule has 142 valence electrons. The van der Waals surface area contributed by atoms with Crippen LogP contribution in [0.5, 0.6) is 0 Å². The molecule has 2 heterocycles. The second-order valence-electron chi connectivity index (χ2n) is 5.91.